The van der Waals surface area contributed by atoms with E-state index in [-0.39, 0.29) is 18.4 Å². The molecule has 1 unspecified atom stereocenters. The lowest BCUT2D eigenvalue weighted by Gasteiger charge is -2.33. The summed E-state index contributed by atoms with van der Waals surface area (Å²) in [6, 6.07) is 14.1. The van der Waals surface area contributed by atoms with Gasteiger partial charge in [0.05, 0.1) is 6.61 Å². The van der Waals surface area contributed by atoms with Crippen LogP contribution in [0.5, 0.6) is 5.75 Å². The molecule has 3 rings (SSSR count). The van der Waals surface area contributed by atoms with Crippen LogP contribution in [0.3, 0.4) is 0 Å². The number of likely N-dealkylation sites (tertiary alicyclic amines) is 1. The Hall–Kier alpha value is -3.34. The number of hydrogen-bond donors (Lipinski definition) is 2. The van der Waals surface area contributed by atoms with Gasteiger partial charge < -0.3 is 24.7 Å². The van der Waals surface area contributed by atoms with Gasteiger partial charge >= 0.3 is 5.97 Å². The number of aliphatic hydroxyl groups excluding tert-OH is 1. The second-order valence-corrected chi connectivity index (χ2v) is 9.54. The van der Waals surface area contributed by atoms with Gasteiger partial charge in [0.1, 0.15) is 5.75 Å². The van der Waals surface area contributed by atoms with E-state index in [0.717, 1.165) is 25.1 Å². The highest BCUT2D eigenvalue weighted by Gasteiger charge is 2.29. The number of ether oxygens (including phenoxy) is 1. The van der Waals surface area contributed by atoms with Crippen molar-refractivity contribution < 1.29 is 24.5 Å². The number of rotatable bonds is 11. The first-order valence-electron chi connectivity index (χ1n) is 12.5. The molecular weight excluding hydrogens is 456 g/mol. The molecule has 1 heterocycles. The van der Waals surface area contributed by atoms with Gasteiger partial charge in [0.2, 0.25) is 0 Å². The van der Waals surface area contributed by atoms with E-state index in [9.17, 15) is 14.7 Å². The molecule has 7 nitrogen and oxygen atoms in total. The fourth-order valence-corrected chi connectivity index (χ4v) is 4.16. The molecule has 1 aliphatic rings. The van der Waals surface area contributed by atoms with E-state index in [1.807, 2.05) is 32.0 Å². The predicted molar refractivity (Wildman–Crippen MR) is 139 cm³/mol. The smallest absolute Gasteiger partial charge is 0.303 e. The van der Waals surface area contributed by atoms with Crippen LogP contribution in [-0.2, 0) is 4.79 Å². The number of nitrogens with zero attached hydrogens (tertiary/aromatic N) is 2. The molecule has 0 aromatic heterocycles. The first-order chi connectivity index (χ1) is 17.3. The lowest BCUT2D eigenvalue weighted by molar-refractivity contribution is -0.137. The first kappa shape index (κ1) is 27.3. The number of hydrogen-bond acceptors (Lipinski definition) is 5. The van der Waals surface area contributed by atoms with Gasteiger partial charge in [0.25, 0.3) is 5.91 Å². The monoisotopic (exact) mass is 492 g/mol. The summed E-state index contributed by atoms with van der Waals surface area (Å²) in [5.41, 5.74) is 1.85. The molecule has 2 N–H and O–H groups in total. The Balaban J connectivity index is 1.66. The minimum atomic E-state index is -1.18. The maximum Gasteiger partial charge on any atom is 0.303 e. The zero-order valence-electron chi connectivity index (χ0n) is 21.3. The minimum Gasteiger partial charge on any atom is -0.493 e. The van der Waals surface area contributed by atoms with Gasteiger partial charge in [-0.1, -0.05) is 30.0 Å². The number of benzene rings is 2. The van der Waals surface area contributed by atoms with Crippen molar-refractivity contribution in [3.8, 4) is 17.6 Å². The van der Waals surface area contributed by atoms with Gasteiger partial charge in [-0.3, -0.25) is 9.59 Å². The lowest BCUT2D eigenvalue weighted by atomic mass is 10.0. The predicted octanol–water partition coefficient (Wildman–Crippen LogP) is 4.17. The number of carboxylic acids is 1. The van der Waals surface area contributed by atoms with Crippen LogP contribution < -0.4 is 4.74 Å². The number of aliphatic carboxylic acids is 1. The zero-order valence-corrected chi connectivity index (χ0v) is 21.3. The summed E-state index contributed by atoms with van der Waals surface area (Å²) in [5.74, 6) is 6.28. The molecule has 2 aromatic rings. The largest absolute Gasteiger partial charge is 0.493 e. The van der Waals surface area contributed by atoms with E-state index in [1.54, 1.807) is 30.3 Å². The Bertz CT molecular complexity index is 1080. The second-order valence-electron chi connectivity index (χ2n) is 9.54. The van der Waals surface area contributed by atoms with E-state index in [4.69, 9.17) is 9.84 Å². The van der Waals surface area contributed by atoms with E-state index in [1.165, 1.54) is 4.90 Å². The second kappa shape index (κ2) is 13.1. The van der Waals surface area contributed by atoms with Gasteiger partial charge in [0, 0.05) is 48.2 Å². The van der Waals surface area contributed by atoms with Crippen molar-refractivity contribution in [3.63, 3.8) is 0 Å². The molecule has 0 radical (unpaired) electrons. The molecule has 192 valence electrons. The third-order valence-electron chi connectivity index (χ3n) is 6.16. The fourth-order valence-electron chi connectivity index (χ4n) is 4.16. The maximum absolute atomic E-state index is 13.4. The van der Waals surface area contributed by atoms with Gasteiger partial charge in [-0.2, -0.15) is 0 Å². The zero-order chi connectivity index (χ0) is 26.1. The molecule has 0 bridgehead atoms. The number of carbonyl (C=O) groups is 2. The lowest BCUT2D eigenvalue weighted by Crippen LogP contribution is -2.42. The quantitative estimate of drug-likeness (QED) is 0.278. The van der Waals surface area contributed by atoms with Crippen molar-refractivity contribution in [3.05, 3.63) is 65.2 Å². The SMILES string of the molecule is CC(C)N(C(=O)c1ccc(C#CC2CN(C)C2)cc1)C(O)c1ccccc1OCCCCCC(=O)O. The summed E-state index contributed by atoms with van der Waals surface area (Å²) in [6.07, 6.45) is 1.01. The van der Waals surface area contributed by atoms with E-state index < -0.39 is 12.2 Å². The Labute approximate surface area is 213 Å². The molecule has 0 saturated carbocycles. The molecule has 36 heavy (non-hydrogen) atoms. The van der Waals surface area contributed by atoms with E-state index in [2.05, 4.69) is 23.8 Å². The van der Waals surface area contributed by atoms with Crippen molar-refractivity contribution in [1.29, 1.82) is 0 Å². The molecule has 1 saturated heterocycles. The third kappa shape index (κ3) is 7.58. The van der Waals surface area contributed by atoms with Gasteiger partial charge in [-0.25, -0.2) is 0 Å². The number of carbonyl (C=O) groups excluding carboxylic acids is 1. The topological polar surface area (TPSA) is 90.3 Å². The van der Waals surface area contributed by atoms with Gasteiger partial charge in [-0.05, 0) is 70.5 Å². The highest BCUT2D eigenvalue weighted by Crippen LogP contribution is 2.30. The van der Waals surface area contributed by atoms with Gasteiger partial charge in [-0.15, -0.1) is 0 Å². The van der Waals surface area contributed by atoms with E-state index in [0.29, 0.717) is 42.2 Å². The van der Waals surface area contributed by atoms with E-state index >= 15 is 0 Å². The first-order valence-corrected chi connectivity index (χ1v) is 12.5. The van der Waals surface area contributed by atoms with Crippen LogP contribution in [0.25, 0.3) is 0 Å². The third-order valence-corrected chi connectivity index (χ3v) is 6.16. The fraction of sp³-hybridized carbons (Fsp3) is 0.448. The number of unbranched alkanes of at least 4 members (excludes halogenated alkanes) is 2. The molecule has 0 spiro atoms. The molecule has 1 amide bonds. The summed E-state index contributed by atoms with van der Waals surface area (Å²) >= 11 is 0. The number of aliphatic hydroxyl groups is 1. The molecule has 1 aliphatic heterocycles. The standard InChI is InChI=1S/C29H36N2O5/c1-21(2)31(28(34)24-16-14-22(15-17-24)12-13-23-19-30(3)20-23)29(35)25-9-6-7-10-26(25)36-18-8-4-5-11-27(32)33/h6-7,9-10,14-17,21,23,29,35H,4-5,8,11,18-20H2,1-3H3,(H,32,33). The van der Waals surface area contributed by atoms with Gasteiger partial charge in [0.15, 0.2) is 6.23 Å². The molecule has 7 heteroatoms. The van der Waals surface area contributed by atoms with Crippen LogP contribution in [0.15, 0.2) is 48.5 Å². The Kier molecular flexibility index (Phi) is 9.92. The molecular formula is C29H36N2O5. The van der Waals surface area contributed by atoms with Crippen molar-refractivity contribution in [2.45, 2.75) is 51.8 Å². The van der Waals surface area contributed by atoms with Crippen LogP contribution in [0.2, 0.25) is 0 Å². The van der Waals surface area contributed by atoms with Crippen LogP contribution >= 0.6 is 0 Å². The number of carboxylic acid groups (broad SMARTS) is 1. The Morgan fingerprint density at radius 2 is 1.78 bits per heavy atom. The summed E-state index contributed by atoms with van der Waals surface area (Å²) in [4.78, 5) is 27.7. The van der Waals surface area contributed by atoms with Crippen LogP contribution in [0, 0.1) is 17.8 Å². The molecule has 1 fully saturated rings. The van der Waals surface area contributed by atoms with Crippen molar-refractivity contribution >= 4 is 11.9 Å². The number of para-hydroxylation sites is 1. The normalized spacial score (nSPS) is 14.5. The highest BCUT2D eigenvalue weighted by atomic mass is 16.5. The molecule has 2 aromatic carbocycles. The minimum absolute atomic E-state index is 0.145. The number of amides is 1. The maximum atomic E-state index is 13.4. The summed E-state index contributed by atoms with van der Waals surface area (Å²) in [7, 11) is 2.07. The van der Waals surface area contributed by atoms with Crippen molar-refractivity contribution in [2.75, 3.05) is 26.7 Å². The summed E-state index contributed by atoms with van der Waals surface area (Å²) in [6.45, 7) is 6.10. The van der Waals surface area contributed by atoms with Crippen LogP contribution in [0.4, 0.5) is 0 Å². The Morgan fingerprint density at radius 1 is 1.08 bits per heavy atom. The molecule has 0 aliphatic carbocycles. The molecule has 1 atom stereocenters. The van der Waals surface area contributed by atoms with Crippen LogP contribution in [0.1, 0.15) is 67.2 Å². The summed E-state index contributed by atoms with van der Waals surface area (Å²) < 4.78 is 5.90. The Morgan fingerprint density at radius 3 is 2.42 bits per heavy atom. The van der Waals surface area contributed by atoms with Crippen molar-refractivity contribution in [2.24, 2.45) is 5.92 Å². The average Bonchev–Trinajstić information content (AvgIpc) is 2.83. The van der Waals surface area contributed by atoms with Crippen molar-refractivity contribution in [1.82, 2.24) is 9.80 Å². The van der Waals surface area contributed by atoms with Crippen LogP contribution in [-0.4, -0.2) is 64.7 Å². The summed E-state index contributed by atoms with van der Waals surface area (Å²) in [5, 5.41) is 20.0. The highest BCUT2D eigenvalue weighted by molar-refractivity contribution is 5.94. The average molecular weight is 493 g/mol.